The summed E-state index contributed by atoms with van der Waals surface area (Å²) in [7, 11) is 3.07. The van der Waals surface area contributed by atoms with Crippen molar-refractivity contribution in [1.29, 1.82) is 0 Å². The third-order valence-corrected chi connectivity index (χ3v) is 6.42. The predicted octanol–water partition coefficient (Wildman–Crippen LogP) is 3.70. The third kappa shape index (κ3) is 3.91. The second kappa shape index (κ2) is 8.69. The predicted molar refractivity (Wildman–Crippen MR) is 121 cm³/mol. The number of hydrogen-bond donors (Lipinski definition) is 1. The van der Waals surface area contributed by atoms with Gasteiger partial charge in [0.25, 0.3) is 5.56 Å². The van der Waals surface area contributed by atoms with Crippen molar-refractivity contribution in [3.05, 3.63) is 56.0 Å². The van der Waals surface area contributed by atoms with E-state index in [1.807, 2.05) is 13.0 Å². The Morgan fingerprint density at radius 1 is 1.16 bits per heavy atom. The molecule has 0 radical (unpaired) electrons. The van der Waals surface area contributed by atoms with Gasteiger partial charge in [0.1, 0.15) is 5.83 Å². The highest BCUT2D eigenvalue weighted by molar-refractivity contribution is 5.74. The monoisotopic (exact) mass is 427 g/mol. The summed E-state index contributed by atoms with van der Waals surface area (Å²) in [5, 5.41) is 3.49. The fraction of sp³-hybridized carbons (Fsp3) is 0.522. The van der Waals surface area contributed by atoms with Crippen molar-refractivity contribution in [3.8, 4) is 0 Å². The first kappa shape index (κ1) is 21.3. The summed E-state index contributed by atoms with van der Waals surface area (Å²) in [6, 6.07) is 0.249. The van der Waals surface area contributed by atoms with Crippen LogP contribution in [-0.2, 0) is 20.6 Å². The SMILES string of the molecule is CCC1=CCC=CC(F)=C1Cn1c(NC2CCCCC2)nc2c1c(=O)n(C)c(=O)n2C. The van der Waals surface area contributed by atoms with E-state index in [0.717, 1.165) is 35.8 Å². The lowest BCUT2D eigenvalue weighted by atomic mass is 9.96. The first-order valence-corrected chi connectivity index (χ1v) is 11.1. The highest BCUT2D eigenvalue weighted by atomic mass is 19.1. The fourth-order valence-corrected chi connectivity index (χ4v) is 4.59. The van der Waals surface area contributed by atoms with Crippen LogP contribution in [0.4, 0.5) is 10.3 Å². The van der Waals surface area contributed by atoms with Gasteiger partial charge in [-0.25, -0.2) is 9.18 Å². The molecule has 2 aromatic rings. The maximum absolute atomic E-state index is 15.0. The highest BCUT2D eigenvalue weighted by Crippen LogP contribution is 2.29. The van der Waals surface area contributed by atoms with Crippen molar-refractivity contribution in [2.45, 2.75) is 64.5 Å². The van der Waals surface area contributed by atoms with Crippen LogP contribution in [0.1, 0.15) is 51.9 Å². The van der Waals surface area contributed by atoms with Crippen LogP contribution in [0.5, 0.6) is 0 Å². The van der Waals surface area contributed by atoms with Crippen LogP contribution in [0, 0.1) is 0 Å². The molecule has 166 valence electrons. The number of fused-ring (bicyclic) bond motifs is 1. The number of anilines is 1. The Hall–Kier alpha value is -2.90. The van der Waals surface area contributed by atoms with Gasteiger partial charge in [0, 0.05) is 25.7 Å². The van der Waals surface area contributed by atoms with Crippen LogP contribution in [0.2, 0.25) is 0 Å². The summed E-state index contributed by atoms with van der Waals surface area (Å²) >= 11 is 0. The van der Waals surface area contributed by atoms with Crippen molar-refractivity contribution >= 4 is 17.1 Å². The molecule has 0 unspecified atom stereocenters. The number of nitrogens with zero attached hydrogens (tertiary/aromatic N) is 4. The summed E-state index contributed by atoms with van der Waals surface area (Å²) in [6.07, 6.45) is 12.3. The summed E-state index contributed by atoms with van der Waals surface area (Å²) in [5.41, 5.74) is 1.26. The molecule has 1 fully saturated rings. The van der Waals surface area contributed by atoms with Gasteiger partial charge in [-0.15, -0.1) is 0 Å². The van der Waals surface area contributed by atoms with E-state index in [-0.39, 0.29) is 18.4 Å². The minimum atomic E-state index is -0.427. The zero-order valence-electron chi connectivity index (χ0n) is 18.4. The Morgan fingerprint density at radius 3 is 2.61 bits per heavy atom. The maximum Gasteiger partial charge on any atom is 0.332 e. The van der Waals surface area contributed by atoms with Crippen molar-refractivity contribution in [1.82, 2.24) is 18.7 Å². The van der Waals surface area contributed by atoms with Crippen LogP contribution < -0.4 is 16.6 Å². The summed E-state index contributed by atoms with van der Waals surface area (Å²) in [4.78, 5) is 30.2. The fourth-order valence-electron chi connectivity index (χ4n) is 4.59. The molecule has 0 spiro atoms. The van der Waals surface area contributed by atoms with Gasteiger partial charge in [0.2, 0.25) is 5.95 Å². The third-order valence-electron chi connectivity index (χ3n) is 6.42. The Labute approximate surface area is 180 Å². The smallest absolute Gasteiger partial charge is 0.332 e. The molecule has 8 heteroatoms. The molecule has 2 aliphatic carbocycles. The number of aryl methyl sites for hydroxylation is 1. The molecule has 0 bridgehead atoms. The van der Waals surface area contributed by atoms with Crippen LogP contribution in [0.25, 0.3) is 11.2 Å². The van der Waals surface area contributed by atoms with Gasteiger partial charge in [0.05, 0.1) is 6.54 Å². The number of nitrogens with one attached hydrogen (secondary N) is 1. The molecular weight excluding hydrogens is 397 g/mol. The zero-order valence-corrected chi connectivity index (χ0v) is 18.4. The Morgan fingerprint density at radius 2 is 1.90 bits per heavy atom. The van der Waals surface area contributed by atoms with Gasteiger partial charge in [-0.1, -0.05) is 38.3 Å². The van der Waals surface area contributed by atoms with E-state index in [9.17, 15) is 9.59 Å². The van der Waals surface area contributed by atoms with E-state index >= 15 is 4.39 Å². The minimum Gasteiger partial charge on any atom is -0.353 e. The average molecular weight is 428 g/mol. The molecule has 7 nitrogen and oxygen atoms in total. The van der Waals surface area contributed by atoms with Crippen molar-refractivity contribution in [2.24, 2.45) is 14.1 Å². The summed E-state index contributed by atoms with van der Waals surface area (Å²) in [5.74, 6) is 0.224. The first-order chi connectivity index (χ1) is 14.9. The van der Waals surface area contributed by atoms with Gasteiger partial charge >= 0.3 is 5.69 Å². The number of allylic oxidation sites excluding steroid dienone is 6. The molecule has 4 rings (SSSR count). The van der Waals surface area contributed by atoms with Crippen LogP contribution in [-0.4, -0.2) is 24.7 Å². The first-order valence-electron chi connectivity index (χ1n) is 11.1. The normalized spacial score (nSPS) is 17.9. The standard InChI is InChI=1S/C23H30FN5O2/c1-4-15-10-8-9-13-18(24)17(15)14-29-19-20(27(2)23(31)28(3)21(19)30)26-22(29)25-16-11-6-5-7-12-16/h9-10,13,16H,4-8,11-12,14H2,1-3H3,(H,25,26). The molecule has 2 heterocycles. The number of rotatable bonds is 5. The van der Waals surface area contributed by atoms with E-state index in [4.69, 9.17) is 0 Å². The number of hydrogen-bond acceptors (Lipinski definition) is 4. The highest BCUT2D eigenvalue weighted by Gasteiger charge is 2.24. The number of aromatic nitrogens is 4. The lowest BCUT2D eigenvalue weighted by Gasteiger charge is -2.24. The molecule has 0 aliphatic heterocycles. The van der Waals surface area contributed by atoms with Crippen LogP contribution in [0.15, 0.2) is 44.8 Å². The Balaban J connectivity index is 1.91. The zero-order chi connectivity index (χ0) is 22.1. The van der Waals surface area contributed by atoms with Crippen molar-refractivity contribution in [3.63, 3.8) is 0 Å². The van der Waals surface area contributed by atoms with Gasteiger partial charge in [-0.2, -0.15) is 4.98 Å². The lowest BCUT2D eigenvalue weighted by molar-refractivity contribution is 0.459. The second-order valence-corrected chi connectivity index (χ2v) is 8.43. The van der Waals surface area contributed by atoms with E-state index in [1.54, 1.807) is 17.7 Å². The number of imidazole rings is 1. The topological polar surface area (TPSA) is 73.8 Å². The molecule has 0 aromatic carbocycles. The molecule has 1 N–H and O–H groups in total. The second-order valence-electron chi connectivity index (χ2n) is 8.43. The van der Waals surface area contributed by atoms with E-state index < -0.39 is 11.2 Å². The Kier molecular flexibility index (Phi) is 5.98. The van der Waals surface area contributed by atoms with Gasteiger partial charge < -0.3 is 5.32 Å². The largest absolute Gasteiger partial charge is 0.353 e. The van der Waals surface area contributed by atoms with Crippen LogP contribution >= 0.6 is 0 Å². The van der Waals surface area contributed by atoms with E-state index in [0.29, 0.717) is 35.5 Å². The summed E-state index contributed by atoms with van der Waals surface area (Å²) in [6.45, 7) is 2.18. The number of halogens is 1. The van der Waals surface area contributed by atoms with Crippen molar-refractivity contribution < 1.29 is 4.39 Å². The molecule has 0 amide bonds. The van der Waals surface area contributed by atoms with Gasteiger partial charge in [-0.3, -0.25) is 18.5 Å². The quantitative estimate of drug-likeness (QED) is 0.790. The van der Waals surface area contributed by atoms with E-state index in [2.05, 4.69) is 10.3 Å². The maximum atomic E-state index is 15.0. The van der Waals surface area contributed by atoms with Crippen molar-refractivity contribution in [2.75, 3.05) is 5.32 Å². The molecule has 0 saturated heterocycles. The van der Waals surface area contributed by atoms with Crippen LogP contribution in [0.3, 0.4) is 0 Å². The minimum absolute atomic E-state index is 0.175. The molecule has 31 heavy (non-hydrogen) atoms. The average Bonchev–Trinajstić information content (AvgIpc) is 3.03. The molecule has 2 aliphatic rings. The molecule has 2 aromatic heterocycles. The van der Waals surface area contributed by atoms with E-state index in [1.165, 1.54) is 24.1 Å². The lowest BCUT2D eigenvalue weighted by Crippen LogP contribution is -2.37. The Bertz CT molecular complexity index is 1210. The van der Waals surface area contributed by atoms with Gasteiger partial charge in [0.15, 0.2) is 11.2 Å². The summed E-state index contributed by atoms with van der Waals surface area (Å²) < 4.78 is 19.2. The molecule has 1 saturated carbocycles. The molecule has 0 atom stereocenters. The van der Waals surface area contributed by atoms with Gasteiger partial charge in [-0.05, 0) is 37.3 Å². The molecular formula is C23H30FN5O2.